The molecule has 0 aromatic heterocycles. The fourth-order valence-electron chi connectivity index (χ4n) is 6.32. The lowest BCUT2D eigenvalue weighted by Crippen LogP contribution is -2.26. The summed E-state index contributed by atoms with van der Waals surface area (Å²) < 4.78 is 45.0. The number of hydrogen-bond donors (Lipinski definition) is 0. The summed E-state index contributed by atoms with van der Waals surface area (Å²) in [6.07, 6.45) is 24.3. The molecule has 36 heavy (non-hydrogen) atoms. The zero-order valence-electron chi connectivity index (χ0n) is 22.3. The lowest BCUT2D eigenvalue weighted by molar-refractivity contribution is -0.140. The number of carbonyl (C=O) groups is 1. The first-order valence-corrected chi connectivity index (χ1v) is 14.8. The van der Waals surface area contributed by atoms with Crippen molar-refractivity contribution in [3.63, 3.8) is 0 Å². The molecule has 2 aliphatic rings. The molecule has 0 bridgehead atoms. The van der Waals surface area contributed by atoms with Crippen LogP contribution in [0.4, 0.5) is 13.2 Å². The van der Waals surface area contributed by atoms with E-state index >= 15 is 0 Å². The minimum absolute atomic E-state index is 0.246. The van der Waals surface area contributed by atoms with Crippen molar-refractivity contribution in [3.8, 4) is 5.75 Å². The van der Waals surface area contributed by atoms with Gasteiger partial charge in [-0.15, -0.1) is 0 Å². The Bertz CT molecular complexity index is 757. The Morgan fingerprint density at radius 1 is 0.694 bits per heavy atom. The van der Waals surface area contributed by atoms with Crippen LogP contribution in [0.15, 0.2) is 12.1 Å². The Kier molecular flexibility index (Phi) is 12.6. The van der Waals surface area contributed by atoms with Crippen molar-refractivity contribution in [2.24, 2.45) is 23.7 Å². The zero-order chi connectivity index (χ0) is 25.8. The molecular weight excluding hydrogens is 461 g/mol. The van der Waals surface area contributed by atoms with E-state index < -0.39 is 23.4 Å². The molecule has 3 rings (SSSR count). The minimum atomic E-state index is -1.55. The maximum atomic E-state index is 13.4. The molecule has 2 fully saturated rings. The summed E-state index contributed by atoms with van der Waals surface area (Å²) in [5.74, 6) is -2.74. The lowest BCUT2D eigenvalue weighted by Gasteiger charge is -2.31. The third kappa shape index (κ3) is 9.74. The second-order valence-corrected chi connectivity index (χ2v) is 11.6. The average molecular weight is 509 g/mol. The second-order valence-electron chi connectivity index (χ2n) is 11.6. The highest BCUT2D eigenvalue weighted by molar-refractivity contribution is 5.75. The summed E-state index contributed by atoms with van der Waals surface area (Å²) in [5.41, 5.74) is 0. The van der Waals surface area contributed by atoms with E-state index in [1.54, 1.807) is 0 Å². The molecular formula is C31H47F3O2. The van der Waals surface area contributed by atoms with Crippen LogP contribution in [0.2, 0.25) is 0 Å². The minimum Gasteiger partial charge on any atom is -0.426 e. The van der Waals surface area contributed by atoms with Crippen molar-refractivity contribution < 1.29 is 22.7 Å². The summed E-state index contributed by atoms with van der Waals surface area (Å²) in [6.45, 7) is 2.27. The van der Waals surface area contributed by atoms with Gasteiger partial charge in [-0.2, -0.15) is 0 Å². The number of esters is 1. The fourth-order valence-corrected chi connectivity index (χ4v) is 6.32. The number of unbranched alkanes of at least 4 members (excludes halogenated alkanes) is 7. The van der Waals surface area contributed by atoms with Crippen molar-refractivity contribution in [3.05, 3.63) is 29.6 Å². The molecule has 1 aromatic rings. The van der Waals surface area contributed by atoms with Crippen LogP contribution < -0.4 is 4.74 Å². The normalized spacial score (nSPS) is 24.6. The summed E-state index contributed by atoms with van der Waals surface area (Å²) in [5, 5.41) is 0. The molecule has 0 amide bonds. The Morgan fingerprint density at radius 3 is 1.67 bits per heavy atom. The van der Waals surface area contributed by atoms with Gasteiger partial charge in [-0.3, -0.25) is 4.79 Å². The second kappa shape index (κ2) is 15.7. The maximum Gasteiger partial charge on any atom is 0.314 e. The maximum absolute atomic E-state index is 13.4. The molecule has 0 spiro atoms. The standard InChI is InChI=1S/C31H47F3O2/c1-2-3-4-5-6-7-8-9-10-23-11-13-24(14-12-23)15-16-25-17-19-26(20-18-25)31(35)36-27-21-28(32)30(34)29(33)22-27/h21-26H,2-20H2,1H3/t23-,24-,25-,26-. The van der Waals surface area contributed by atoms with Gasteiger partial charge in [-0.25, -0.2) is 13.2 Å². The first kappa shape index (κ1) is 29.0. The number of benzene rings is 1. The largest absolute Gasteiger partial charge is 0.426 e. The Labute approximate surface area is 216 Å². The van der Waals surface area contributed by atoms with Gasteiger partial charge in [0, 0.05) is 12.1 Å². The smallest absolute Gasteiger partial charge is 0.314 e. The van der Waals surface area contributed by atoms with Gasteiger partial charge in [-0.05, 0) is 43.4 Å². The van der Waals surface area contributed by atoms with Crippen LogP contribution >= 0.6 is 0 Å². The summed E-state index contributed by atoms with van der Waals surface area (Å²) in [7, 11) is 0. The van der Waals surface area contributed by atoms with E-state index in [4.69, 9.17) is 4.74 Å². The molecule has 0 N–H and O–H groups in total. The van der Waals surface area contributed by atoms with Gasteiger partial charge in [0.25, 0.3) is 0 Å². The van der Waals surface area contributed by atoms with Gasteiger partial charge in [0.15, 0.2) is 17.5 Å². The van der Waals surface area contributed by atoms with Gasteiger partial charge in [-0.1, -0.05) is 103 Å². The quantitative estimate of drug-likeness (QED) is 0.108. The van der Waals surface area contributed by atoms with Crippen LogP contribution in [-0.2, 0) is 4.79 Å². The van der Waals surface area contributed by atoms with Crippen LogP contribution in [0.5, 0.6) is 5.75 Å². The number of halogens is 3. The van der Waals surface area contributed by atoms with Crippen LogP contribution in [-0.4, -0.2) is 5.97 Å². The van der Waals surface area contributed by atoms with Gasteiger partial charge in [0.1, 0.15) is 5.75 Å². The van der Waals surface area contributed by atoms with Crippen molar-refractivity contribution >= 4 is 5.97 Å². The number of ether oxygens (including phenoxy) is 1. The fraction of sp³-hybridized carbons (Fsp3) is 0.774. The molecule has 204 valence electrons. The van der Waals surface area contributed by atoms with Crippen LogP contribution in [0.3, 0.4) is 0 Å². The summed E-state index contributed by atoms with van der Waals surface area (Å²) in [4.78, 5) is 12.4. The van der Waals surface area contributed by atoms with E-state index in [1.807, 2.05) is 0 Å². The molecule has 0 heterocycles. The number of carbonyl (C=O) groups excluding carboxylic acids is 1. The van der Waals surface area contributed by atoms with Gasteiger partial charge >= 0.3 is 5.97 Å². The van der Waals surface area contributed by atoms with Crippen LogP contribution in [0.1, 0.15) is 129 Å². The Balaban J connectivity index is 1.23. The predicted molar refractivity (Wildman–Crippen MR) is 139 cm³/mol. The Morgan fingerprint density at radius 2 is 1.14 bits per heavy atom. The third-order valence-electron chi connectivity index (χ3n) is 8.77. The number of rotatable bonds is 14. The highest BCUT2D eigenvalue weighted by Crippen LogP contribution is 2.38. The molecule has 2 nitrogen and oxygen atoms in total. The first-order chi connectivity index (χ1) is 17.5. The van der Waals surface area contributed by atoms with Gasteiger partial charge < -0.3 is 4.74 Å². The van der Waals surface area contributed by atoms with E-state index in [0.29, 0.717) is 5.92 Å². The molecule has 1 aromatic carbocycles. The average Bonchev–Trinajstić information content (AvgIpc) is 2.88. The van der Waals surface area contributed by atoms with E-state index in [1.165, 1.54) is 96.3 Å². The molecule has 2 aliphatic carbocycles. The SMILES string of the molecule is CCCCCCCCCC[C@H]1CC[C@H](CC[C@H]2CC[C@H](C(=O)Oc3cc(F)c(F)c(F)c3)CC2)CC1. The van der Waals surface area contributed by atoms with Crippen LogP contribution in [0.25, 0.3) is 0 Å². The lowest BCUT2D eigenvalue weighted by atomic mass is 9.75. The van der Waals surface area contributed by atoms with Gasteiger partial charge in [0.2, 0.25) is 0 Å². The third-order valence-corrected chi connectivity index (χ3v) is 8.77. The van der Waals surface area contributed by atoms with Gasteiger partial charge in [0.05, 0.1) is 5.92 Å². The summed E-state index contributed by atoms with van der Waals surface area (Å²) >= 11 is 0. The molecule has 0 radical (unpaired) electrons. The van der Waals surface area contributed by atoms with Crippen molar-refractivity contribution in [1.82, 2.24) is 0 Å². The monoisotopic (exact) mass is 508 g/mol. The van der Waals surface area contributed by atoms with Crippen LogP contribution in [0, 0.1) is 41.1 Å². The van der Waals surface area contributed by atoms with E-state index in [-0.39, 0.29) is 11.7 Å². The zero-order valence-corrected chi connectivity index (χ0v) is 22.3. The molecule has 0 saturated heterocycles. The summed E-state index contributed by atoms with van der Waals surface area (Å²) in [6, 6.07) is 1.46. The molecule has 0 unspecified atom stereocenters. The first-order valence-electron chi connectivity index (χ1n) is 14.8. The topological polar surface area (TPSA) is 26.3 Å². The van der Waals surface area contributed by atoms with E-state index in [0.717, 1.165) is 49.7 Å². The van der Waals surface area contributed by atoms with Crippen molar-refractivity contribution in [1.29, 1.82) is 0 Å². The molecule has 0 atom stereocenters. The molecule has 0 aliphatic heterocycles. The highest BCUT2D eigenvalue weighted by Gasteiger charge is 2.29. The van der Waals surface area contributed by atoms with Crippen molar-refractivity contribution in [2.75, 3.05) is 0 Å². The molecule has 2 saturated carbocycles. The van der Waals surface area contributed by atoms with Crippen molar-refractivity contribution in [2.45, 2.75) is 129 Å². The van der Waals surface area contributed by atoms with E-state index in [9.17, 15) is 18.0 Å². The van der Waals surface area contributed by atoms with E-state index in [2.05, 4.69) is 6.92 Å². The highest BCUT2D eigenvalue weighted by atomic mass is 19.2. The molecule has 5 heteroatoms. The predicted octanol–water partition coefficient (Wildman–Crippen LogP) is 9.93. The Hall–Kier alpha value is -1.52. The number of hydrogen-bond acceptors (Lipinski definition) is 2.